The summed E-state index contributed by atoms with van der Waals surface area (Å²) in [4.78, 5) is 13.4. The van der Waals surface area contributed by atoms with Crippen LogP contribution in [-0.2, 0) is 0 Å². The van der Waals surface area contributed by atoms with Gasteiger partial charge in [-0.2, -0.15) is 5.10 Å². The Balaban J connectivity index is 1.78. The third-order valence-electron chi connectivity index (χ3n) is 5.20. The largest absolute Gasteiger partial charge is 0.497 e. The van der Waals surface area contributed by atoms with Crippen molar-refractivity contribution in [3.8, 4) is 11.5 Å². The van der Waals surface area contributed by atoms with Crippen LogP contribution >= 0.6 is 11.6 Å². The highest BCUT2D eigenvalue weighted by atomic mass is 35.5. The van der Waals surface area contributed by atoms with Gasteiger partial charge in [-0.3, -0.25) is 4.79 Å². The molecule has 1 aliphatic heterocycles. The van der Waals surface area contributed by atoms with Gasteiger partial charge in [-0.25, -0.2) is 9.40 Å². The number of rotatable bonds is 5. The number of nitrogens with zero attached hydrogens (tertiary/aromatic N) is 2. The van der Waals surface area contributed by atoms with Crippen LogP contribution in [0.5, 0.6) is 11.5 Å². The summed E-state index contributed by atoms with van der Waals surface area (Å²) in [7, 11) is 3.15. The molecule has 5 nitrogen and oxygen atoms in total. The van der Waals surface area contributed by atoms with Gasteiger partial charge in [0.2, 0.25) is 0 Å². The van der Waals surface area contributed by atoms with E-state index in [0.717, 1.165) is 11.1 Å². The summed E-state index contributed by atoms with van der Waals surface area (Å²) < 4.78 is 24.3. The number of ether oxygens (including phenoxy) is 2. The SMILES string of the molecule is COc1ccc(C2=NN(C(=O)c3ccccc3Cl)[C@H](c3ccc(F)cc3)C2)c(OC)c1. The summed E-state index contributed by atoms with van der Waals surface area (Å²) in [5.41, 5.74) is 2.55. The second-order valence-corrected chi connectivity index (χ2v) is 7.42. The van der Waals surface area contributed by atoms with E-state index in [0.29, 0.717) is 34.2 Å². The van der Waals surface area contributed by atoms with Crippen LogP contribution in [0.25, 0.3) is 0 Å². The smallest absolute Gasteiger partial charge is 0.276 e. The second-order valence-electron chi connectivity index (χ2n) is 7.01. The number of hydrogen-bond donors (Lipinski definition) is 0. The lowest BCUT2D eigenvalue weighted by Gasteiger charge is -2.22. The molecule has 31 heavy (non-hydrogen) atoms. The molecule has 0 N–H and O–H groups in total. The van der Waals surface area contributed by atoms with Crippen LogP contribution in [0.2, 0.25) is 5.02 Å². The van der Waals surface area contributed by atoms with E-state index in [1.807, 2.05) is 12.1 Å². The molecule has 1 aliphatic rings. The van der Waals surface area contributed by atoms with E-state index < -0.39 is 6.04 Å². The maximum absolute atomic E-state index is 13.5. The van der Waals surface area contributed by atoms with Crippen LogP contribution in [0.1, 0.15) is 33.9 Å². The average molecular weight is 439 g/mol. The topological polar surface area (TPSA) is 51.1 Å². The highest BCUT2D eigenvalue weighted by Gasteiger charge is 2.35. The molecule has 0 fully saturated rings. The Morgan fingerprint density at radius 1 is 1.06 bits per heavy atom. The van der Waals surface area contributed by atoms with Crippen molar-refractivity contribution < 1.29 is 18.7 Å². The van der Waals surface area contributed by atoms with E-state index in [1.165, 1.54) is 17.1 Å². The summed E-state index contributed by atoms with van der Waals surface area (Å²) in [6, 6.07) is 17.9. The molecule has 3 aromatic carbocycles. The van der Waals surface area contributed by atoms with Gasteiger partial charge in [-0.15, -0.1) is 0 Å². The number of hydrogen-bond acceptors (Lipinski definition) is 4. The minimum atomic E-state index is -0.411. The molecule has 4 rings (SSSR count). The van der Waals surface area contributed by atoms with Crippen molar-refractivity contribution in [3.63, 3.8) is 0 Å². The number of hydrazone groups is 1. The standard InChI is InChI=1S/C24H20ClFN2O3/c1-30-17-11-12-19(23(13-17)31-2)21-14-22(15-7-9-16(26)10-8-15)28(27-21)24(29)18-5-3-4-6-20(18)25/h3-13,22H,14H2,1-2H3/t22-/m0/s1. The minimum Gasteiger partial charge on any atom is -0.497 e. The first-order valence-corrected chi connectivity index (χ1v) is 10.0. The Hall–Kier alpha value is -3.38. The molecular formula is C24H20ClFN2O3. The van der Waals surface area contributed by atoms with Crippen molar-refractivity contribution in [2.75, 3.05) is 14.2 Å². The number of amides is 1. The molecule has 0 spiro atoms. The fourth-order valence-corrected chi connectivity index (χ4v) is 3.82. The fourth-order valence-electron chi connectivity index (χ4n) is 3.60. The predicted molar refractivity (Wildman–Crippen MR) is 117 cm³/mol. The maximum atomic E-state index is 13.5. The van der Waals surface area contributed by atoms with Crippen molar-refractivity contribution >= 4 is 23.2 Å². The molecule has 0 bridgehead atoms. The van der Waals surface area contributed by atoms with E-state index in [4.69, 9.17) is 21.1 Å². The molecule has 1 amide bonds. The van der Waals surface area contributed by atoms with Crippen LogP contribution in [-0.4, -0.2) is 30.8 Å². The Labute approximate surface area is 184 Å². The third-order valence-corrected chi connectivity index (χ3v) is 5.53. The zero-order valence-corrected chi connectivity index (χ0v) is 17.8. The Bertz CT molecular complexity index is 1150. The Kier molecular flexibility index (Phi) is 5.91. The highest BCUT2D eigenvalue weighted by Crippen LogP contribution is 2.37. The highest BCUT2D eigenvalue weighted by molar-refractivity contribution is 6.33. The lowest BCUT2D eigenvalue weighted by atomic mass is 9.97. The lowest BCUT2D eigenvalue weighted by Crippen LogP contribution is -2.27. The van der Waals surface area contributed by atoms with Gasteiger partial charge in [0, 0.05) is 18.1 Å². The van der Waals surface area contributed by atoms with E-state index in [-0.39, 0.29) is 11.7 Å². The van der Waals surface area contributed by atoms with Gasteiger partial charge >= 0.3 is 0 Å². The molecule has 0 saturated heterocycles. The summed E-state index contributed by atoms with van der Waals surface area (Å²) in [6.45, 7) is 0. The van der Waals surface area contributed by atoms with Crippen LogP contribution in [0.15, 0.2) is 71.8 Å². The monoisotopic (exact) mass is 438 g/mol. The first-order valence-electron chi connectivity index (χ1n) is 9.65. The minimum absolute atomic E-state index is 0.331. The summed E-state index contributed by atoms with van der Waals surface area (Å²) in [6.07, 6.45) is 0.435. The van der Waals surface area contributed by atoms with Crippen LogP contribution in [0, 0.1) is 5.82 Å². The van der Waals surface area contributed by atoms with E-state index in [1.54, 1.807) is 56.7 Å². The number of benzene rings is 3. The number of carbonyl (C=O) groups excluding carboxylic acids is 1. The van der Waals surface area contributed by atoms with E-state index in [9.17, 15) is 9.18 Å². The zero-order chi connectivity index (χ0) is 22.0. The van der Waals surface area contributed by atoms with Crippen LogP contribution in [0.4, 0.5) is 4.39 Å². The van der Waals surface area contributed by atoms with Crippen LogP contribution in [0.3, 0.4) is 0 Å². The summed E-state index contributed by atoms with van der Waals surface area (Å²) >= 11 is 6.27. The van der Waals surface area contributed by atoms with Gasteiger partial charge in [0.05, 0.1) is 36.6 Å². The van der Waals surface area contributed by atoms with Gasteiger partial charge < -0.3 is 9.47 Å². The summed E-state index contributed by atoms with van der Waals surface area (Å²) in [5.74, 6) is 0.562. The summed E-state index contributed by atoms with van der Waals surface area (Å²) in [5, 5.41) is 6.40. The predicted octanol–water partition coefficient (Wildman–Crippen LogP) is 5.49. The third kappa shape index (κ3) is 4.11. The molecule has 7 heteroatoms. The van der Waals surface area contributed by atoms with Gasteiger partial charge in [0.15, 0.2) is 0 Å². The van der Waals surface area contributed by atoms with E-state index >= 15 is 0 Å². The van der Waals surface area contributed by atoms with E-state index in [2.05, 4.69) is 5.10 Å². The van der Waals surface area contributed by atoms with Crippen molar-refractivity contribution in [1.82, 2.24) is 5.01 Å². The molecule has 0 unspecified atom stereocenters. The fraction of sp³-hybridized carbons (Fsp3) is 0.167. The quantitative estimate of drug-likeness (QED) is 0.529. The Morgan fingerprint density at radius 2 is 1.81 bits per heavy atom. The molecule has 1 heterocycles. The lowest BCUT2D eigenvalue weighted by molar-refractivity contribution is 0.0711. The molecule has 1 atom stereocenters. The van der Waals surface area contributed by atoms with Crippen LogP contribution < -0.4 is 9.47 Å². The number of carbonyl (C=O) groups is 1. The van der Waals surface area contributed by atoms with Gasteiger partial charge in [0.25, 0.3) is 5.91 Å². The molecule has 3 aromatic rings. The number of methoxy groups -OCH3 is 2. The number of halogens is 2. The first kappa shape index (κ1) is 20.9. The van der Waals surface area contributed by atoms with Gasteiger partial charge in [-0.1, -0.05) is 35.9 Å². The molecule has 0 aromatic heterocycles. The Morgan fingerprint density at radius 3 is 2.48 bits per heavy atom. The second kappa shape index (κ2) is 8.78. The average Bonchev–Trinajstić information content (AvgIpc) is 3.24. The van der Waals surface area contributed by atoms with Gasteiger partial charge in [-0.05, 0) is 42.0 Å². The molecule has 0 saturated carbocycles. The zero-order valence-electron chi connectivity index (χ0n) is 17.0. The first-order chi connectivity index (χ1) is 15.0. The van der Waals surface area contributed by atoms with Crippen molar-refractivity contribution in [3.05, 3.63) is 94.3 Å². The molecule has 0 radical (unpaired) electrons. The molecule has 0 aliphatic carbocycles. The molecule has 158 valence electrons. The molecular weight excluding hydrogens is 419 g/mol. The maximum Gasteiger partial charge on any atom is 0.276 e. The van der Waals surface area contributed by atoms with Crippen molar-refractivity contribution in [1.29, 1.82) is 0 Å². The van der Waals surface area contributed by atoms with Gasteiger partial charge in [0.1, 0.15) is 17.3 Å². The van der Waals surface area contributed by atoms with Crippen molar-refractivity contribution in [2.24, 2.45) is 5.10 Å². The normalized spacial score (nSPS) is 15.5. The van der Waals surface area contributed by atoms with Crippen molar-refractivity contribution in [2.45, 2.75) is 12.5 Å².